The average Bonchev–Trinajstić information content (AvgIpc) is 2.52. The van der Waals surface area contributed by atoms with Crippen molar-refractivity contribution in [3.05, 3.63) is 46.6 Å². The fourth-order valence-corrected chi connectivity index (χ4v) is 2.30. The Hall–Kier alpha value is -2.24. The summed E-state index contributed by atoms with van der Waals surface area (Å²) >= 11 is 6.76. The second kappa shape index (κ2) is 8.04. The van der Waals surface area contributed by atoms with E-state index in [1.165, 1.54) is 6.21 Å². The summed E-state index contributed by atoms with van der Waals surface area (Å²) in [4.78, 5) is 7.38. The van der Waals surface area contributed by atoms with Gasteiger partial charge in [0.2, 0.25) is 0 Å². The number of terminal acetylenes is 1. The summed E-state index contributed by atoms with van der Waals surface area (Å²) in [6.45, 7) is 0. The zero-order valence-electron chi connectivity index (χ0n) is 12.0. The summed E-state index contributed by atoms with van der Waals surface area (Å²) < 4.78 is 38.6. The molecule has 0 saturated heterocycles. The minimum absolute atomic E-state index is 0.0803. The first-order valence-corrected chi connectivity index (χ1v) is 7.82. The normalized spacial score (nSPS) is 11.5. The molecule has 24 heavy (non-hydrogen) atoms. The second-order valence-electron chi connectivity index (χ2n) is 4.34. The van der Waals surface area contributed by atoms with Crippen LogP contribution in [-0.4, -0.2) is 21.9 Å². The maximum Gasteiger partial charge on any atom is 0.433 e. The molecule has 0 aliphatic rings. The third kappa shape index (κ3) is 5.44. The van der Waals surface area contributed by atoms with Gasteiger partial charge in [0.15, 0.2) is 16.7 Å². The lowest BCUT2D eigenvalue weighted by atomic mass is 10.2. The molecular weight excluding hydrogens is 361 g/mol. The standard InChI is InChI=1S/C15H10ClF3N4S/c1-2-6-24-14-21-12(15(17,18)19)8-13(22-14)23-20-9-10-4-3-5-11(16)7-10/h1,3-5,7-9H,6H2,(H,21,22,23). The zero-order chi connectivity index (χ0) is 17.6. The molecule has 0 aliphatic heterocycles. The maximum absolute atomic E-state index is 12.9. The van der Waals surface area contributed by atoms with E-state index in [0.717, 1.165) is 17.8 Å². The number of hydrogen-bond donors (Lipinski definition) is 1. The number of hydrogen-bond acceptors (Lipinski definition) is 5. The van der Waals surface area contributed by atoms with E-state index in [1.54, 1.807) is 24.3 Å². The Morgan fingerprint density at radius 1 is 1.33 bits per heavy atom. The number of aromatic nitrogens is 2. The number of benzene rings is 1. The molecule has 0 spiro atoms. The van der Waals surface area contributed by atoms with E-state index in [-0.39, 0.29) is 16.7 Å². The van der Waals surface area contributed by atoms with Crippen LogP contribution in [-0.2, 0) is 6.18 Å². The van der Waals surface area contributed by atoms with Gasteiger partial charge in [0.1, 0.15) is 0 Å². The van der Waals surface area contributed by atoms with Gasteiger partial charge in [0.05, 0.1) is 12.0 Å². The van der Waals surface area contributed by atoms with Crippen LogP contribution in [0.5, 0.6) is 0 Å². The lowest BCUT2D eigenvalue weighted by Crippen LogP contribution is -2.10. The Morgan fingerprint density at radius 2 is 2.12 bits per heavy atom. The molecule has 0 atom stereocenters. The van der Waals surface area contributed by atoms with Gasteiger partial charge in [-0.1, -0.05) is 41.4 Å². The van der Waals surface area contributed by atoms with Gasteiger partial charge >= 0.3 is 6.18 Å². The third-order valence-electron chi connectivity index (χ3n) is 2.52. The Morgan fingerprint density at radius 3 is 2.79 bits per heavy atom. The van der Waals surface area contributed by atoms with Crippen molar-refractivity contribution in [3.8, 4) is 12.3 Å². The molecule has 0 radical (unpaired) electrons. The molecule has 0 fully saturated rings. The van der Waals surface area contributed by atoms with Crippen LogP contribution >= 0.6 is 23.4 Å². The summed E-state index contributed by atoms with van der Waals surface area (Å²) in [5.74, 6) is 2.37. The van der Waals surface area contributed by atoms with Gasteiger partial charge < -0.3 is 0 Å². The van der Waals surface area contributed by atoms with Crippen LogP contribution in [0.1, 0.15) is 11.3 Å². The highest BCUT2D eigenvalue weighted by Gasteiger charge is 2.33. The lowest BCUT2D eigenvalue weighted by Gasteiger charge is -2.09. The number of alkyl halides is 3. The average molecular weight is 371 g/mol. The largest absolute Gasteiger partial charge is 0.433 e. The molecule has 2 rings (SSSR count). The molecular formula is C15H10ClF3N4S. The van der Waals surface area contributed by atoms with Gasteiger partial charge in [0, 0.05) is 11.1 Å². The summed E-state index contributed by atoms with van der Waals surface area (Å²) in [5.41, 5.74) is 2.06. The van der Waals surface area contributed by atoms with Crippen LogP contribution in [0.2, 0.25) is 5.02 Å². The Balaban J connectivity index is 2.20. The van der Waals surface area contributed by atoms with E-state index < -0.39 is 11.9 Å². The lowest BCUT2D eigenvalue weighted by molar-refractivity contribution is -0.141. The van der Waals surface area contributed by atoms with Crippen LogP contribution < -0.4 is 5.43 Å². The van der Waals surface area contributed by atoms with Crippen LogP contribution in [0, 0.1) is 12.3 Å². The van der Waals surface area contributed by atoms with Crippen molar-refractivity contribution in [2.45, 2.75) is 11.3 Å². The molecule has 0 unspecified atom stereocenters. The number of thioether (sulfide) groups is 1. The van der Waals surface area contributed by atoms with Crippen molar-refractivity contribution >= 4 is 35.4 Å². The second-order valence-corrected chi connectivity index (χ2v) is 5.72. The molecule has 1 N–H and O–H groups in total. The molecule has 0 amide bonds. The third-order valence-corrected chi connectivity index (χ3v) is 3.51. The van der Waals surface area contributed by atoms with Crippen molar-refractivity contribution in [2.24, 2.45) is 5.10 Å². The summed E-state index contributed by atoms with van der Waals surface area (Å²) in [7, 11) is 0. The first-order valence-electron chi connectivity index (χ1n) is 6.45. The number of rotatable bonds is 5. The van der Waals surface area contributed by atoms with E-state index in [2.05, 4.69) is 26.4 Å². The smallest absolute Gasteiger partial charge is 0.261 e. The fourth-order valence-electron chi connectivity index (χ4n) is 1.56. The van der Waals surface area contributed by atoms with Gasteiger partial charge in [-0.05, 0) is 17.7 Å². The number of nitrogens with one attached hydrogen (secondary N) is 1. The molecule has 1 heterocycles. The molecule has 2 aromatic rings. The molecule has 0 saturated carbocycles. The number of halogens is 4. The van der Waals surface area contributed by atoms with Crippen molar-refractivity contribution < 1.29 is 13.2 Å². The van der Waals surface area contributed by atoms with Crippen molar-refractivity contribution in [1.82, 2.24) is 9.97 Å². The molecule has 1 aromatic carbocycles. The fraction of sp³-hybridized carbons (Fsp3) is 0.133. The Labute approximate surface area is 145 Å². The predicted molar refractivity (Wildman–Crippen MR) is 89.3 cm³/mol. The van der Waals surface area contributed by atoms with Crippen LogP contribution in [0.25, 0.3) is 0 Å². The van der Waals surface area contributed by atoms with Gasteiger partial charge in [-0.15, -0.1) is 6.42 Å². The van der Waals surface area contributed by atoms with Crippen LogP contribution in [0.3, 0.4) is 0 Å². The summed E-state index contributed by atoms with van der Waals surface area (Å²) in [6.07, 6.45) is 1.91. The van der Waals surface area contributed by atoms with Gasteiger partial charge in [-0.2, -0.15) is 18.3 Å². The first-order chi connectivity index (χ1) is 11.4. The molecule has 9 heteroatoms. The summed E-state index contributed by atoms with van der Waals surface area (Å²) in [5, 5.41) is 4.30. The minimum atomic E-state index is -4.60. The highest BCUT2D eigenvalue weighted by atomic mass is 35.5. The Bertz CT molecular complexity index is 787. The van der Waals surface area contributed by atoms with E-state index in [1.807, 2.05) is 0 Å². The van der Waals surface area contributed by atoms with E-state index in [0.29, 0.717) is 10.6 Å². The van der Waals surface area contributed by atoms with Gasteiger partial charge in [-0.3, -0.25) is 5.43 Å². The van der Waals surface area contributed by atoms with Crippen molar-refractivity contribution in [3.63, 3.8) is 0 Å². The van der Waals surface area contributed by atoms with Crippen molar-refractivity contribution in [1.29, 1.82) is 0 Å². The highest BCUT2D eigenvalue weighted by molar-refractivity contribution is 7.99. The van der Waals surface area contributed by atoms with E-state index in [4.69, 9.17) is 18.0 Å². The van der Waals surface area contributed by atoms with Gasteiger partial charge in [-0.25, -0.2) is 9.97 Å². The number of nitrogens with zero attached hydrogens (tertiary/aromatic N) is 3. The molecule has 0 aliphatic carbocycles. The van der Waals surface area contributed by atoms with Crippen LogP contribution in [0.15, 0.2) is 40.6 Å². The minimum Gasteiger partial charge on any atom is -0.261 e. The molecule has 4 nitrogen and oxygen atoms in total. The van der Waals surface area contributed by atoms with E-state index >= 15 is 0 Å². The van der Waals surface area contributed by atoms with Crippen molar-refractivity contribution in [2.75, 3.05) is 11.2 Å². The first kappa shape index (κ1) is 18.1. The zero-order valence-corrected chi connectivity index (χ0v) is 13.6. The van der Waals surface area contributed by atoms with E-state index in [9.17, 15) is 13.2 Å². The SMILES string of the molecule is C#CCSc1nc(NN=Cc2cccc(Cl)c2)cc(C(F)(F)F)n1. The predicted octanol–water partition coefficient (Wildman–Crippen LogP) is 4.32. The number of hydrazone groups is 1. The summed E-state index contributed by atoms with van der Waals surface area (Å²) in [6, 6.07) is 7.59. The Kier molecular flexibility index (Phi) is 6.06. The molecule has 0 bridgehead atoms. The molecule has 124 valence electrons. The van der Waals surface area contributed by atoms with Gasteiger partial charge in [0.25, 0.3) is 0 Å². The maximum atomic E-state index is 12.9. The molecule has 1 aromatic heterocycles. The monoisotopic (exact) mass is 370 g/mol. The topological polar surface area (TPSA) is 50.2 Å². The number of anilines is 1. The highest BCUT2D eigenvalue weighted by Crippen LogP contribution is 2.30. The van der Waals surface area contributed by atoms with Crippen LogP contribution in [0.4, 0.5) is 19.0 Å². The quantitative estimate of drug-likeness (QED) is 0.280.